The number of hydrogen-bond acceptors (Lipinski definition) is 7. The minimum atomic E-state index is -4.91. The average Bonchev–Trinajstić information content (AvgIpc) is 2.34. The van der Waals surface area contributed by atoms with Crippen LogP contribution in [0.1, 0.15) is 6.92 Å². The molecular weight excluding hydrogens is 373 g/mol. The SMILES string of the molecule is CC(=O)Nc1cc(S(=O)(=O)O)cc2cc(S(=O)(=O)[O-])cc(O)c12.[Na+]. The Kier molecular flexibility index (Phi) is 6.04. The molecule has 0 aliphatic heterocycles. The van der Waals surface area contributed by atoms with Gasteiger partial charge in [-0.2, -0.15) is 8.42 Å². The van der Waals surface area contributed by atoms with Crippen molar-refractivity contribution in [2.24, 2.45) is 0 Å². The van der Waals surface area contributed by atoms with Crippen LogP contribution in [-0.4, -0.2) is 37.0 Å². The van der Waals surface area contributed by atoms with Gasteiger partial charge >= 0.3 is 29.6 Å². The topological polar surface area (TPSA) is 161 Å². The molecule has 12 heteroatoms. The third kappa shape index (κ3) is 4.45. The first kappa shape index (κ1) is 20.8. The molecule has 2 rings (SSSR count). The molecule has 0 spiro atoms. The van der Waals surface area contributed by atoms with Gasteiger partial charge in [0.2, 0.25) is 5.91 Å². The molecule has 0 saturated carbocycles. The summed E-state index contributed by atoms with van der Waals surface area (Å²) in [6.07, 6.45) is 0. The first-order chi connectivity index (χ1) is 10.4. The summed E-state index contributed by atoms with van der Waals surface area (Å²) < 4.78 is 64.9. The van der Waals surface area contributed by atoms with E-state index in [0.717, 1.165) is 25.1 Å². The molecule has 0 fully saturated rings. The zero-order valence-electron chi connectivity index (χ0n) is 12.5. The predicted octanol–water partition coefficient (Wildman–Crippen LogP) is -2.34. The average molecular weight is 383 g/mol. The molecule has 1 amide bonds. The van der Waals surface area contributed by atoms with E-state index in [0.29, 0.717) is 6.07 Å². The molecule has 0 aromatic heterocycles. The molecular formula is C12H10NNaO8S2. The third-order valence-corrected chi connectivity index (χ3v) is 4.52. The van der Waals surface area contributed by atoms with E-state index in [4.69, 9.17) is 4.55 Å². The molecule has 0 aliphatic rings. The van der Waals surface area contributed by atoms with Crippen molar-refractivity contribution < 1.29 is 65.4 Å². The summed E-state index contributed by atoms with van der Waals surface area (Å²) >= 11 is 0. The zero-order chi connectivity index (χ0) is 17.6. The number of carbonyl (C=O) groups is 1. The van der Waals surface area contributed by atoms with Crippen LogP contribution in [0.5, 0.6) is 5.75 Å². The second-order valence-electron chi connectivity index (χ2n) is 4.62. The van der Waals surface area contributed by atoms with Gasteiger partial charge in [-0.15, -0.1) is 0 Å². The van der Waals surface area contributed by atoms with E-state index in [-0.39, 0.29) is 46.0 Å². The van der Waals surface area contributed by atoms with Gasteiger partial charge in [0.15, 0.2) is 0 Å². The Labute approximate surface area is 159 Å². The Hall–Kier alpha value is -1.21. The van der Waals surface area contributed by atoms with Crippen LogP contribution in [0.3, 0.4) is 0 Å². The van der Waals surface area contributed by atoms with Crippen LogP contribution >= 0.6 is 0 Å². The molecule has 2 aromatic carbocycles. The first-order valence-electron chi connectivity index (χ1n) is 5.91. The summed E-state index contributed by atoms with van der Waals surface area (Å²) in [6, 6.07) is 3.27. The standard InChI is InChI=1S/C12H11NO8S2.Na/c1-6(14)13-10-4-8(22(16,17)18)2-7-3-9(23(19,20)21)5-11(15)12(7)10;/h2-5,15H,1H3,(H,13,14)(H,16,17,18)(H,19,20,21);/q;+1/p-1. The first-order valence-corrected chi connectivity index (χ1v) is 8.76. The molecule has 0 heterocycles. The van der Waals surface area contributed by atoms with Crippen molar-refractivity contribution in [1.82, 2.24) is 0 Å². The van der Waals surface area contributed by atoms with Gasteiger partial charge in [-0.25, -0.2) is 8.42 Å². The van der Waals surface area contributed by atoms with Gasteiger partial charge in [-0.05, 0) is 29.7 Å². The van der Waals surface area contributed by atoms with Gasteiger partial charge in [-0.1, -0.05) is 0 Å². The van der Waals surface area contributed by atoms with Crippen LogP contribution < -0.4 is 34.9 Å². The maximum Gasteiger partial charge on any atom is 1.00 e. The summed E-state index contributed by atoms with van der Waals surface area (Å²) in [4.78, 5) is 9.77. The van der Waals surface area contributed by atoms with Gasteiger partial charge in [0.1, 0.15) is 15.9 Å². The van der Waals surface area contributed by atoms with Crippen molar-refractivity contribution in [3.63, 3.8) is 0 Å². The van der Waals surface area contributed by atoms with Crippen molar-refractivity contribution in [3.8, 4) is 5.75 Å². The quantitative estimate of drug-likeness (QED) is 0.392. The molecule has 0 radical (unpaired) electrons. The number of nitrogens with one attached hydrogen (secondary N) is 1. The molecule has 0 saturated heterocycles. The smallest absolute Gasteiger partial charge is 0.744 e. The number of fused-ring (bicyclic) bond motifs is 1. The van der Waals surface area contributed by atoms with Crippen LogP contribution in [0.2, 0.25) is 0 Å². The predicted molar refractivity (Wildman–Crippen MR) is 77.7 cm³/mol. The van der Waals surface area contributed by atoms with Gasteiger partial charge in [0.25, 0.3) is 10.1 Å². The fraction of sp³-hybridized carbons (Fsp3) is 0.0833. The Morgan fingerprint density at radius 1 is 1.08 bits per heavy atom. The number of benzene rings is 2. The van der Waals surface area contributed by atoms with Crippen molar-refractivity contribution in [3.05, 3.63) is 24.3 Å². The summed E-state index contributed by atoms with van der Waals surface area (Å²) in [5.41, 5.74) is -0.171. The fourth-order valence-electron chi connectivity index (χ4n) is 2.02. The fourth-order valence-corrected chi connectivity index (χ4v) is 3.09. The molecule has 9 nitrogen and oxygen atoms in total. The largest absolute Gasteiger partial charge is 1.00 e. The van der Waals surface area contributed by atoms with Gasteiger partial charge in [0, 0.05) is 12.3 Å². The van der Waals surface area contributed by atoms with Gasteiger partial charge < -0.3 is 15.0 Å². The summed E-state index contributed by atoms with van der Waals surface area (Å²) in [7, 11) is -9.58. The number of phenolic OH excluding ortho intramolecular Hbond substituents is 1. The Morgan fingerprint density at radius 2 is 1.62 bits per heavy atom. The molecule has 0 bridgehead atoms. The van der Waals surface area contributed by atoms with Crippen molar-refractivity contribution >= 4 is 42.6 Å². The normalized spacial score (nSPS) is 11.8. The van der Waals surface area contributed by atoms with E-state index in [1.54, 1.807) is 0 Å². The number of aromatic hydroxyl groups is 1. The maximum absolute atomic E-state index is 11.3. The van der Waals surface area contributed by atoms with Crippen molar-refractivity contribution in [1.29, 1.82) is 0 Å². The molecule has 124 valence electrons. The number of rotatable bonds is 3. The molecule has 0 aliphatic carbocycles. The van der Waals surface area contributed by atoms with Gasteiger partial charge in [0.05, 0.1) is 15.5 Å². The molecule has 0 unspecified atom stereocenters. The van der Waals surface area contributed by atoms with Crippen LogP contribution in [0.15, 0.2) is 34.1 Å². The van der Waals surface area contributed by atoms with Crippen LogP contribution in [0, 0.1) is 0 Å². The second-order valence-corrected chi connectivity index (χ2v) is 7.42. The maximum atomic E-state index is 11.3. The van der Waals surface area contributed by atoms with E-state index >= 15 is 0 Å². The van der Waals surface area contributed by atoms with E-state index in [9.17, 15) is 31.3 Å². The number of amides is 1. The van der Waals surface area contributed by atoms with E-state index in [2.05, 4.69) is 5.32 Å². The molecule has 3 N–H and O–H groups in total. The Morgan fingerprint density at radius 3 is 2.08 bits per heavy atom. The number of anilines is 1. The number of hydrogen-bond donors (Lipinski definition) is 3. The van der Waals surface area contributed by atoms with Gasteiger partial charge in [-0.3, -0.25) is 9.35 Å². The Balaban J connectivity index is 0.00000288. The van der Waals surface area contributed by atoms with E-state index in [1.807, 2.05) is 0 Å². The molecule has 0 atom stereocenters. The summed E-state index contributed by atoms with van der Waals surface area (Å²) in [5, 5.41) is 11.9. The number of carbonyl (C=O) groups excluding carboxylic acids is 1. The monoisotopic (exact) mass is 383 g/mol. The van der Waals surface area contributed by atoms with Crippen LogP contribution in [0.25, 0.3) is 10.8 Å². The zero-order valence-corrected chi connectivity index (χ0v) is 16.1. The van der Waals surface area contributed by atoms with Crippen LogP contribution in [-0.2, 0) is 25.0 Å². The van der Waals surface area contributed by atoms with Crippen LogP contribution in [0.4, 0.5) is 5.69 Å². The minimum absolute atomic E-state index is 0. The summed E-state index contributed by atoms with van der Waals surface area (Å²) in [6.45, 7) is 1.12. The third-order valence-electron chi connectivity index (χ3n) is 2.87. The second kappa shape index (κ2) is 6.96. The van der Waals surface area contributed by atoms with E-state index in [1.165, 1.54) is 0 Å². The molecule has 24 heavy (non-hydrogen) atoms. The van der Waals surface area contributed by atoms with E-state index < -0.39 is 41.7 Å². The Bertz CT molecular complexity index is 1030. The number of phenols is 1. The molecule has 2 aromatic rings. The minimum Gasteiger partial charge on any atom is -0.744 e. The summed E-state index contributed by atoms with van der Waals surface area (Å²) in [5.74, 6) is -1.25. The van der Waals surface area contributed by atoms with Crippen molar-refractivity contribution in [2.75, 3.05) is 5.32 Å². The van der Waals surface area contributed by atoms with Crippen molar-refractivity contribution in [2.45, 2.75) is 16.7 Å².